The first-order valence-electron chi connectivity index (χ1n) is 6.77. The first-order chi connectivity index (χ1) is 10.3. The van der Waals surface area contributed by atoms with Crippen LogP contribution in [0.5, 0.6) is 0 Å². The Bertz CT molecular complexity index is 779. The second-order valence-corrected chi connectivity index (χ2v) is 4.77. The first kappa shape index (κ1) is 13.3. The number of carbonyl (C=O) groups excluding carboxylic acids is 1. The fraction of sp³-hybridized carbons (Fsp3) is 0.125. The summed E-state index contributed by atoms with van der Waals surface area (Å²) < 4.78 is 0. The molecule has 0 aliphatic rings. The molecule has 0 unspecified atom stereocenters. The zero-order valence-corrected chi connectivity index (χ0v) is 11.5. The summed E-state index contributed by atoms with van der Waals surface area (Å²) >= 11 is 0. The second kappa shape index (κ2) is 5.76. The summed E-state index contributed by atoms with van der Waals surface area (Å²) in [4.78, 5) is 12.3. The largest absolute Gasteiger partial charge is 0.347 e. The molecule has 1 amide bonds. The van der Waals surface area contributed by atoms with Gasteiger partial charge in [0.15, 0.2) is 5.69 Å². The number of para-hydroxylation sites is 1. The van der Waals surface area contributed by atoms with Crippen molar-refractivity contribution < 1.29 is 4.79 Å². The summed E-state index contributed by atoms with van der Waals surface area (Å²) in [5.74, 6) is -0.195. The molecule has 0 saturated heterocycles. The van der Waals surface area contributed by atoms with Crippen LogP contribution in [-0.4, -0.2) is 16.1 Å². The van der Waals surface area contributed by atoms with Crippen LogP contribution in [0.4, 0.5) is 0 Å². The second-order valence-electron chi connectivity index (χ2n) is 4.77. The van der Waals surface area contributed by atoms with Crippen LogP contribution in [0.3, 0.4) is 0 Å². The number of nitrogens with one attached hydrogen (secondary N) is 2. The molecule has 4 N–H and O–H groups in total. The molecule has 1 heterocycles. The van der Waals surface area contributed by atoms with Crippen LogP contribution in [0.15, 0.2) is 48.5 Å². The number of nitrogens with zero attached hydrogens (tertiary/aromatic N) is 1. The minimum absolute atomic E-state index is 0.195. The molecule has 21 heavy (non-hydrogen) atoms. The zero-order valence-electron chi connectivity index (χ0n) is 11.5. The molecular formula is C16H16N4O. The minimum Gasteiger partial charge on any atom is -0.347 e. The summed E-state index contributed by atoms with van der Waals surface area (Å²) in [5, 5.41) is 10.7. The van der Waals surface area contributed by atoms with Gasteiger partial charge in [-0.3, -0.25) is 9.89 Å². The molecule has 5 heteroatoms. The van der Waals surface area contributed by atoms with Crippen molar-refractivity contribution in [2.75, 3.05) is 0 Å². The minimum atomic E-state index is -0.195. The van der Waals surface area contributed by atoms with E-state index in [0.717, 1.165) is 22.0 Å². The molecule has 5 nitrogen and oxygen atoms in total. The molecule has 3 rings (SSSR count). The number of hydrogen-bond acceptors (Lipinski definition) is 3. The Balaban J connectivity index is 1.78. The average Bonchev–Trinajstić information content (AvgIpc) is 2.97. The summed E-state index contributed by atoms with van der Waals surface area (Å²) in [5.41, 5.74) is 9.01. The van der Waals surface area contributed by atoms with E-state index in [9.17, 15) is 4.79 Å². The molecule has 0 radical (unpaired) electrons. The highest BCUT2D eigenvalue weighted by molar-refractivity contribution is 6.04. The van der Waals surface area contributed by atoms with Crippen molar-refractivity contribution in [3.63, 3.8) is 0 Å². The van der Waals surface area contributed by atoms with Gasteiger partial charge >= 0.3 is 0 Å². The highest BCUT2D eigenvalue weighted by atomic mass is 16.1. The molecule has 0 aliphatic heterocycles. The number of aromatic nitrogens is 2. The molecule has 0 spiro atoms. The van der Waals surface area contributed by atoms with E-state index in [1.165, 1.54) is 0 Å². The van der Waals surface area contributed by atoms with Crippen LogP contribution in [-0.2, 0) is 13.1 Å². The third-order valence-electron chi connectivity index (χ3n) is 3.46. The van der Waals surface area contributed by atoms with Gasteiger partial charge in [0.2, 0.25) is 0 Å². The zero-order chi connectivity index (χ0) is 14.7. The molecule has 1 aromatic heterocycles. The van der Waals surface area contributed by atoms with E-state index in [2.05, 4.69) is 15.5 Å². The van der Waals surface area contributed by atoms with Crippen molar-refractivity contribution in [2.45, 2.75) is 13.1 Å². The lowest BCUT2D eigenvalue weighted by Gasteiger charge is -2.08. The molecule has 0 fully saturated rings. The van der Waals surface area contributed by atoms with Crippen molar-refractivity contribution in [2.24, 2.45) is 5.73 Å². The van der Waals surface area contributed by atoms with Crippen LogP contribution < -0.4 is 11.1 Å². The number of carbonyl (C=O) groups is 1. The number of hydrogen-bond donors (Lipinski definition) is 3. The quantitative estimate of drug-likeness (QED) is 0.683. The van der Waals surface area contributed by atoms with E-state index in [4.69, 9.17) is 5.73 Å². The van der Waals surface area contributed by atoms with Gasteiger partial charge in [-0.15, -0.1) is 0 Å². The molecule has 106 valence electrons. The van der Waals surface area contributed by atoms with Crippen molar-refractivity contribution in [3.8, 4) is 0 Å². The van der Waals surface area contributed by atoms with Crippen molar-refractivity contribution >= 4 is 16.8 Å². The third kappa shape index (κ3) is 2.64. The Morgan fingerprint density at radius 3 is 2.62 bits per heavy atom. The Morgan fingerprint density at radius 2 is 1.81 bits per heavy atom. The van der Waals surface area contributed by atoms with E-state index in [0.29, 0.717) is 18.8 Å². The van der Waals surface area contributed by atoms with Crippen LogP contribution in [0.1, 0.15) is 21.6 Å². The van der Waals surface area contributed by atoms with E-state index in [1.807, 2.05) is 48.5 Å². The number of amides is 1. The Hall–Kier alpha value is -2.66. The SMILES string of the molecule is NCc1ccccc1CNC(=O)c1n[nH]c2ccccc12. The molecule has 2 aromatic carbocycles. The first-order valence-corrected chi connectivity index (χ1v) is 6.77. The highest BCUT2D eigenvalue weighted by Crippen LogP contribution is 2.15. The monoisotopic (exact) mass is 280 g/mol. The van der Waals surface area contributed by atoms with Gasteiger partial charge in [0.25, 0.3) is 5.91 Å². The number of nitrogens with two attached hydrogens (primary N) is 1. The number of H-pyrrole nitrogens is 1. The van der Waals surface area contributed by atoms with Crippen LogP contribution in [0.2, 0.25) is 0 Å². The van der Waals surface area contributed by atoms with Gasteiger partial charge in [-0.25, -0.2) is 0 Å². The lowest BCUT2D eigenvalue weighted by atomic mass is 10.1. The lowest BCUT2D eigenvalue weighted by Crippen LogP contribution is -2.24. The van der Waals surface area contributed by atoms with Crippen LogP contribution in [0, 0.1) is 0 Å². The number of rotatable bonds is 4. The Kier molecular flexibility index (Phi) is 3.66. The number of aromatic amines is 1. The maximum absolute atomic E-state index is 12.3. The average molecular weight is 280 g/mol. The van der Waals surface area contributed by atoms with Gasteiger partial charge in [0.1, 0.15) is 0 Å². The van der Waals surface area contributed by atoms with Gasteiger partial charge in [-0.2, -0.15) is 5.10 Å². The third-order valence-corrected chi connectivity index (χ3v) is 3.46. The van der Waals surface area contributed by atoms with E-state index >= 15 is 0 Å². The van der Waals surface area contributed by atoms with E-state index in [-0.39, 0.29) is 5.91 Å². The van der Waals surface area contributed by atoms with Crippen LogP contribution >= 0.6 is 0 Å². The standard InChI is InChI=1S/C16H16N4O/c17-9-11-5-1-2-6-12(11)10-18-16(21)15-13-7-3-4-8-14(13)19-20-15/h1-8H,9-10,17H2,(H,18,21)(H,19,20). The van der Waals surface area contributed by atoms with Gasteiger partial charge < -0.3 is 11.1 Å². The predicted octanol–water partition coefficient (Wildman–Crippen LogP) is 1.95. The van der Waals surface area contributed by atoms with Gasteiger partial charge in [0, 0.05) is 18.5 Å². The van der Waals surface area contributed by atoms with Crippen molar-refractivity contribution in [3.05, 3.63) is 65.4 Å². The highest BCUT2D eigenvalue weighted by Gasteiger charge is 2.13. The summed E-state index contributed by atoms with van der Waals surface area (Å²) in [6.45, 7) is 0.894. The molecule has 3 aromatic rings. The summed E-state index contributed by atoms with van der Waals surface area (Å²) in [6, 6.07) is 15.4. The lowest BCUT2D eigenvalue weighted by molar-refractivity contribution is 0.0947. The van der Waals surface area contributed by atoms with Gasteiger partial charge in [0.05, 0.1) is 5.52 Å². The normalized spacial score (nSPS) is 10.7. The molecular weight excluding hydrogens is 264 g/mol. The number of fused-ring (bicyclic) bond motifs is 1. The Morgan fingerprint density at radius 1 is 1.10 bits per heavy atom. The molecule has 0 saturated carbocycles. The maximum Gasteiger partial charge on any atom is 0.272 e. The van der Waals surface area contributed by atoms with Crippen molar-refractivity contribution in [1.29, 1.82) is 0 Å². The van der Waals surface area contributed by atoms with Gasteiger partial charge in [-0.05, 0) is 17.2 Å². The fourth-order valence-corrected chi connectivity index (χ4v) is 2.32. The van der Waals surface area contributed by atoms with Crippen molar-refractivity contribution in [1.82, 2.24) is 15.5 Å². The Labute approximate surface area is 122 Å². The smallest absolute Gasteiger partial charge is 0.272 e. The molecule has 0 atom stereocenters. The van der Waals surface area contributed by atoms with Gasteiger partial charge in [-0.1, -0.05) is 42.5 Å². The summed E-state index contributed by atoms with van der Waals surface area (Å²) in [7, 11) is 0. The molecule has 0 bridgehead atoms. The fourth-order valence-electron chi connectivity index (χ4n) is 2.32. The number of benzene rings is 2. The predicted molar refractivity (Wildman–Crippen MR) is 81.6 cm³/mol. The molecule has 0 aliphatic carbocycles. The summed E-state index contributed by atoms with van der Waals surface area (Å²) in [6.07, 6.45) is 0. The topological polar surface area (TPSA) is 83.8 Å². The maximum atomic E-state index is 12.3. The van der Waals surface area contributed by atoms with Crippen LogP contribution in [0.25, 0.3) is 10.9 Å². The van der Waals surface area contributed by atoms with E-state index in [1.54, 1.807) is 0 Å². The van der Waals surface area contributed by atoms with E-state index < -0.39 is 0 Å².